The molecule has 2 aromatic heterocycles. The maximum atomic E-state index is 12.9. The quantitative estimate of drug-likeness (QED) is 0.672. The fourth-order valence-electron chi connectivity index (χ4n) is 4.07. The molecule has 4 rings (SSSR count). The third-order valence-electron chi connectivity index (χ3n) is 5.59. The maximum Gasteiger partial charge on any atom is 0.325 e. The molecular formula is C22H27N4O3+. The Balaban J connectivity index is 1.66. The molecule has 29 heavy (non-hydrogen) atoms. The molecule has 0 atom stereocenters. The molecule has 7 heteroatoms. The minimum absolute atomic E-state index is 0.270. The van der Waals surface area contributed by atoms with E-state index in [1.807, 2.05) is 31.2 Å². The van der Waals surface area contributed by atoms with Gasteiger partial charge in [0.25, 0.3) is 0 Å². The largest absolute Gasteiger partial charge is 0.494 e. The van der Waals surface area contributed by atoms with E-state index in [2.05, 4.69) is 16.2 Å². The van der Waals surface area contributed by atoms with Gasteiger partial charge in [0.05, 0.1) is 24.4 Å². The van der Waals surface area contributed by atoms with E-state index < -0.39 is 0 Å². The Hall–Kier alpha value is -3.09. The number of hydrogen-bond acceptors (Lipinski definition) is 4. The number of carbonyl (C=O) groups excluding carboxylic acids is 1. The molecule has 0 spiro atoms. The highest BCUT2D eigenvalue weighted by atomic mass is 16.6. The number of anilines is 1. The van der Waals surface area contributed by atoms with Crippen LogP contribution in [-0.4, -0.2) is 29.9 Å². The normalized spacial score (nSPS) is 14.7. The molecule has 0 radical (unpaired) electrons. The lowest BCUT2D eigenvalue weighted by molar-refractivity contribution is -0.890. The first-order valence-electron chi connectivity index (χ1n) is 10.0. The van der Waals surface area contributed by atoms with Crippen molar-refractivity contribution in [3.63, 3.8) is 0 Å². The van der Waals surface area contributed by atoms with Crippen LogP contribution in [0.3, 0.4) is 0 Å². The number of fused-ring (bicyclic) bond motifs is 1. The van der Waals surface area contributed by atoms with E-state index in [1.165, 1.54) is 43.9 Å². The van der Waals surface area contributed by atoms with Crippen LogP contribution in [0.25, 0.3) is 10.9 Å². The lowest BCUT2D eigenvalue weighted by atomic mass is 9.96. The van der Waals surface area contributed by atoms with Gasteiger partial charge in [0, 0.05) is 41.4 Å². The molecule has 0 aliphatic heterocycles. The van der Waals surface area contributed by atoms with E-state index in [0.29, 0.717) is 23.2 Å². The summed E-state index contributed by atoms with van der Waals surface area (Å²) in [7, 11) is 3.13. The summed E-state index contributed by atoms with van der Waals surface area (Å²) in [6.07, 6.45) is 8.21. The summed E-state index contributed by atoms with van der Waals surface area (Å²) in [5, 5.41) is 8.70. The van der Waals surface area contributed by atoms with Crippen molar-refractivity contribution < 1.29 is 19.1 Å². The molecule has 1 saturated carbocycles. The second-order valence-electron chi connectivity index (χ2n) is 7.50. The van der Waals surface area contributed by atoms with Gasteiger partial charge in [-0.1, -0.05) is 19.3 Å². The minimum Gasteiger partial charge on any atom is -0.494 e. The van der Waals surface area contributed by atoms with Crippen molar-refractivity contribution in [1.82, 2.24) is 9.78 Å². The molecule has 0 bridgehead atoms. The van der Waals surface area contributed by atoms with E-state index in [9.17, 15) is 4.79 Å². The molecule has 1 aromatic carbocycles. The Bertz CT molecular complexity index is 1040. The summed E-state index contributed by atoms with van der Waals surface area (Å²) in [4.78, 5) is 18.3. The van der Waals surface area contributed by atoms with Crippen molar-refractivity contribution in [2.45, 2.75) is 45.1 Å². The van der Waals surface area contributed by atoms with Gasteiger partial charge in [-0.25, -0.2) is 0 Å². The minimum atomic E-state index is -0.270. The zero-order chi connectivity index (χ0) is 20.4. The van der Waals surface area contributed by atoms with Gasteiger partial charge in [-0.3, -0.25) is 14.3 Å². The lowest BCUT2D eigenvalue weighted by Gasteiger charge is -2.21. The number of carbonyl (C=O) groups is 1. The average molecular weight is 395 g/mol. The Morgan fingerprint density at radius 1 is 1.21 bits per heavy atom. The monoisotopic (exact) mass is 395 g/mol. The van der Waals surface area contributed by atoms with Crippen LogP contribution >= 0.6 is 0 Å². The van der Waals surface area contributed by atoms with Crippen molar-refractivity contribution in [3.05, 3.63) is 47.9 Å². The second-order valence-corrected chi connectivity index (χ2v) is 7.50. The molecule has 1 aliphatic rings. The first-order valence-corrected chi connectivity index (χ1v) is 10.0. The van der Waals surface area contributed by atoms with Gasteiger partial charge in [-0.2, -0.15) is 5.10 Å². The topological polar surface area (TPSA) is 69.3 Å². The van der Waals surface area contributed by atoms with Crippen LogP contribution in [-0.2, 0) is 0 Å². The maximum absolute atomic E-state index is 12.9. The fraction of sp³-hybridized carbons (Fsp3) is 0.409. The van der Waals surface area contributed by atoms with Crippen molar-refractivity contribution in [2.24, 2.45) is 0 Å². The highest BCUT2D eigenvalue weighted by Gasteiger charge is 2.24. The Morgan fingerprint density at radius 3 is 2.72 bits per heavy atom. The molecule has 0 saturated heterocycles. The van der Waals surface area contributed by atoms with Crippen LogP contribution in [0.4, 0.5) is 5.69 Å². The molecule has 1 aliphatic carbocycles. The Kier molecular flexibility index (Phi) is 5.38. The van der Waals surface area contributed by atoms with E-state index in [-0.39, 0.29) is 5.91 Å². The molecule has 7 nitrogen and oxygen atoms in total. The van der Waals surface area contributed by atoms with Gasteiger partial charge in [0.1, 0.15) is 12.9 Å². The summed E-state index contributed by atoms with van der Waals surface area (Å²) >= 11 is 0. The Labute approximate surface area is 170 Å². The summed E-state index contributed by atoms with van der Waals surface area (Å²) < 4.78 is 9.10. The van der Waals surface area contributed by atoms with Crippen molar-refractivity contribution >= 4 is 22.5 Å². The van der Waals surface area contributed by atoms with Crippen LogP contribution in [0.5, 0.6) is 5.75 Å². The molecule has 152 valence electrons. The van der Waals surface area contributed by atoms with Crippen LogP contribution in [0.1, 0.15) is 54.3 Å². The van der Waals surface area contributed by atoms with Crippen LogP contribution in [0.2, 0.25) is 0 Å². The second kappa shape index (κ2) is 8.11. The van der Waals surface area contributed by atoms with E-state index in [0.717, 1.165) is 16.6 Å². The van der Waals surface area contributed by atoms with Crippen LogP contribution < -0.4 is 19.6 Å². The number of rotatable bonds is 5. The number of nitrogens with zero attached hydrogens (tertiary/aromatic N) is 3. The number of nitrogens with one attached hydrogen (secondary N) is 1. The highest BCUT2D eigenvalue weighted by Crippen LogP contribution is 2.33. The van der Waals surface area contributed by atoms with E-state index in [1.54, 1.807) is 13.2 Å². The number of aryl methyl sites for hydroxylation is 1. The summed E-state index contributed by atoms with van der Waals surface area (Å²) in [5.74, 6) is 0.309. The Morgan fingerprint density at radius 2 is 2.00 bits per heavy atom. The van der Waals surface area contributed by atoms with Gasteiger partial charge in [-0.15, -0.1) is 0 Å². The molecule has 3 aromatic rings. The van der Waals surface area contributed by atoms with Gasteiger partial charge < -0.3 is 10.1 Å². The van der Waals surface area contributed by atoms with E-state index in [4.69, 9.17) is 14.7 Å². The fourth-order valence-corrected chi connectivity index (χ4v) is 4.07. The molecule has 1 amide bonds. The smallest absolute Gasteiger partial charge is 0.325 e. The van der Waals surface area contributed by atoms with Gasteiger partial charge in [0.15, 0.2) is 0 Å². The first-order chi connectivity index (χ1) is 14.1. The van der Waals surface area contributed by atoms with Gasteiger partial charge in [-0.05, 0) is 25.0 Å². The standard InChI is InChI=1S/C22H26N4O3/c1-15-8-7-11-20(26(15)29-3)22(27)23-19-12-16-14-25(17-9-5-4-6-10-17)24-18(16)13-21(19)28-2/h7-8,11-14,17H,4-6,9-10H2,1-3H3/p+1. The number of aromatic nitrogens is 3. The van der Waals surface area contributed by atoms with Crippen LogP contribution in [0, 0.1) is 6.92 Å². The third-order valence-corrected chi connectivity index (χ3v) is 5.59. The van der Waals surface area contributed by atoms with Crippen molar-refractivity contribution in [3.8, 4) is 5.75 Å². The van der Waals surface area contributed by atoms with Crippen molar-refractivity contribution in [1.29, 1.82) is 0 Å². The lowest BCUT2D eigenvalue weighted by Crippen LogP contribution is -2.49. The highest BCUT2D eigenvalue weighted by molar-refractivity contribution is 6.04. The zero-order valence-electron chi connectivity index (χ0n) is 17.1. The molecule has 2 heterocycles. The number of benzene rings is 1. The molecule has 1 N–H and O–H groups in total. The molecular weight excluding hydrogens is 368 g/mol. The predicted molar refractivity (Wildman–Crippen MR) is 110 cm³/mol. The van der Waals surface area contributed by atoms with Gasteiger partial charge >= 0.3 is 11.6 Å². The van der Waals surface area contributed by atoms with Gasteiger partial charge in [0.2, 0.25) is 5.69 Å². The molecule has 1 fully saturated rings. The first kappa shape index (κ1) is 19.2. The predicted octanol–water partition coefficient (Wildman–Crippen LogP) is 3.46. The summed E-state index contributed by atoms with van der Waals surface area (Å²) in [6.45, 7) is 1.88. The number of ether oxygens (including phenoxy) is 1. The number of hydrogen-bond donors (Lipinski definition) is 1. The number of methoxy groups -OCH3 is 1. The number of amides is 1. The average Bonchev–Trinajstić information content (AvgIpc) is 3.16. The SMILES string of the molecule is COc1cc2nn(C3CCCCC3)cc2cc1NC(=O)c1cccc(C)[n+]1OC. The summed E-state index contributed by atoms with van der Waals surface area (Å²) in [6, 6.07) is 9.68. The molecule has 0 unspecified atom stereocenters. The van der Waals surface area contributed by atoms with E-state index >= 15 is 0 Å². The number of pyridine rings is 1. The zero-order valence-corrected chi connectivity index (χ0v) is 17.1. The summed E-state index contributed by atoms with van der Waals surface area (Å²) in [5.41, 5.74) is 2.72. The van der Waals surface area contributed by atoms with Crippen LogP contribution in [0.15, 0.2) is 36.5 Å². The van der Waals surface area contributed by atoms with Crippen molar-refractivity contribution in [2.75, 3.05) is 19.5 Å². The third kappa shape index (κ3) is 3.77.